The molecule has 0 radical (unpaired) electrons. The quantitative estimate of drug-likeness (QED) is 0.468. The highest BCUT2D eigenvalue weighted by atomic mass is 35.5. The van der Waals surface area contributed by atoms with E-state index in [1.165, 1.54) is 0 Å². The molecule has 3 N–H and O–H groups in total. The Morgan fingerprint density at radius 1 is 1.21 bits per heavy atom. The number of aryl methyl sites for hydroxylation is 1. The van der Waals surface area contributed by atoms with Crippen LogP contribution in [0.5, 0.6) is 5.75 Å². The number of benzene rings is 1. The van der Waals surface area contributed by atoms with E-state index in [1.807, 2.05) is 19.1 Å². The number of carbonyl (C=O) groups excluding carboxylic acids is 1. The van der Waals surface area contributed by atoms with E-state index in [4.69, 9.17) is 21.4 Å². The molecule has 3 rings (SSSR count). The van der Waals surface area contributed by atoms with Crippen molar-refractivity contribution >= 4 is 29.2 Å². The first-order valence-electron chi connectivity index (χ1n) is 11.4. The number of carbonyl (C=O) groups is 2. The summed E-state index contributed by atoms with van der Waals surface area (Å²) in [4.78, 5) is 28.4. The molecule has 1 amide bonds. The molecule has 1 saturated carbocycles. The van der Waals surface area contributed by atoms with E-state index in [0.717, 1.165) is 30.7 Å². The lowest BCUT2D eigenvalue weighted by Gasteiger charge is -2.26. The monoisotopic (exact) mass is 473 g/mol. The summed E-state index contributed by atoms with van der Waals surface area (Å²) >= 11 is 6.48. The van der Waals surface area contributed by atoms with E-state index in [-0.39, 0.29) is 17.9 Å². The van der Waals surface area contributed by atoms with Gasteiger partial charge in [-0.3, -0.25) is 14.6 Å². The fourth-order valence-electron chi connectivity index (χ4n) is 4.21. The van der Waals surface area contributed by atoms with Crippen molar-refractivity contribution in [2.75, 3.05) is 19.0 Å². The number of nitrogens with one attached hydrogen (secondary N) is 2. The van der Waals surface area contributed by atoms with Gasteiger partial charge in [-0.15, -0.1) is 0 Å². The fourth-order valence-corrected chi connectivity index (χ4v) is 4.45. The summed E-state index contributed by atoms with van der Waals surface area (Å²) in [7, 11) is 1.62. The Labute approximate surface area is 199 Å². The normalized spacial score (nSPS) is 18.9. The summed E-state index contributed by atoms with van der Waals surface area (Å²) in [5.74, 6) is -0.143. The number of pyridine rings is 1. The molecule has 2 aromatic rings. The molecule has 1 aromatic heterocycles. The molecule has 178 valence electrons. The molecule has 1 atom stereocenters. The van der Waals surface area contributed by atoms with Crippen LogP contribution in [-0.2, 0) is 11.2 Å². The zero-order chi connectivity index (χ0) is 24.0. The molecule has 7 nitrogen and oxygen atoms in total. The largest absolute Gasteiger partial charge is 0.495 e. The highest BCUT2D eigenvalue weighted by Gasteiger charge is 2.26. The van der Waals surface area contributed by atoms with Gasteiger partial charge < -0.3 is 20.5 Å². The summed E-state index contributed by atoms with van der Waals surface area (Å²) in [6.07, 6.45) is 3.79. The summed E-state index contributed by atoms with van der Waals surface area (Å²) in [6.45, 7) is 4.58. The van der Waals surface area contributed by atoms with Gasteiger partial charge >= 0.3 is 5.97 Å². The molecule has 0 saturated heterocycles. The molecule has 0 unspecified atom stereocenters. The van der Waals surface area contributed by atoms with Gasteiger partial charge in [0.25, 0.3) is 5.91 Å². The average molecular weight is 474 g/mol. The van der Waals surface area contributed by atoms with Crippen LogP contribution in [0, 0.1) is 11.8 Å². The Kier molecular flexibility index (Phi) is 8.55. The maximum atomic E-state index is 12.6. The van der Waals surface area contributed by atoms with Crippen molar-refractivity contribution < 1.29 is 19.4 Å². The van der Waals surface area contributed by atoms with Crippen molar-refractivity contribution in [3.8, 4) is 5.75 Å². The third kappa shape index (κ3) is 6.38. The number of amides is 1. The minimum Gasteiger partial charge on any atom is -0.495 e. The van der Waals surface area contributed by atoms with Crippen LogP contribution < -0.4 is 15.4 Å². The third-order valence-corrected chi connectivity index (χ3v) is 6.60. The Bertz CT molecular complexity index is 990. The Morgan fingerprint density at radius 2 is 1.94 bits per heavy atom. The van der Waals surface area contributed by atoms with Gasteiger partial charge in [-0.2, -0.15) is 0 Å². The minimum atomic E-state index is -0.720. The third-order valence-electron chi connectivity index (χ3n) is 6.29. The van der Waals surface area contributed by atoms with Crippen LogP contribution in [-0.4, -0.2) is 35.6 Å². The van der Waals surface area contributed by atoms with Crippen molar-refractivity contribution in [1.29, 1.82) is 0 Å². The number of methoxy groups -OCH3 is 1. The molecule has 1 fully saturated rings. The summed E-state index contributed by atoms with van der Waals surface area (Å²) in [5, 5.41) is 15.9. The van der Waals surface area contributed by atoms with E-state index < -0.39 is 5.97 Å². The predicted octanol–water partition coefficient (Wildman–Crippen LogP) is 5.10. The highest BCUT2D eigenvalue weighted by molar-refractivity contribution is 6.33. The average Bonchev–Trinajstić information content (AvgIpc) is 2.83. The highest BCUT2D eigenvalue weighted by Crippen LogP contribution is 2.31. The maximum absolute atomic E-state index is 12.6. The minimum absolute atomic E-state index is 0.149. The van der Waals surface area contributed by atoms with Gasteiger partial charge in [-0.05, 0) is 75.3 Å². The van der Waals surface area contributed by atoms with Crippen molar-refractivity contribution in [2.45, 2.75) is 52.0 Å². The molecule has 8 heteroatoms. The van der Waals surface area contributed by atoms with Gasteiger partial charge in [-0.25, -0.2) is 0 Å². The van der Waals surface area contributed by atoms with Crippen LogP contribution in [0.25, 0.3) is 0 Å². The number of anilines is 1. The number of ether oxygens (including phenoxy) is 1. The lowest BCUT2D eigenvalue weighted by molar-refractivity contribution is -0.143. The number of aliphatic carboxylic acids is 1. The van der Waals surface area contributed by atoms with Crippen molar-refractivity contribution in [3.05, 3.63) is 52.3 Å². The standard InChI is InChI=1S/C25H32ClN3O4/c1-4-19-10-12-22(33-3)23(29-19)15(2)28-21-11-9-18(13-20(21)26)24(30)27-14-16-5-7-17(8-6-16)25(31)32/h9-13,15-17,28H,4-8,14H2,1-3H3,(H,27,30)(H,31,32)/t15-,16-,17-/m0/s1. The second-order valence-electron chi connectivity index (χ2n) is 8.57. The summed E-state index contributed by atoms with van der Waals surface area (Å²) in [6, 6.07) is 8.91. The second kappa shape index (κ2) is 11.4. The first kappa shape index (κ1) is 24.8. The molecule has 33 heavy (non-hydrogen) atoms. The van der Waals surface area contributed by atoms with Crippen LogP contribution in [0.3, 0.4) is 0 Å². The number of hydrogen-bond donors (Lipinski definition) is 3. The number of carboxylic acids is 1. The number of halogens is 1. The van der Waals surface area contributed by atoms with Crippen molar-refractivity contribution in [2.24, 2.45) is 11.8 Å². The van der Waals surface area contributed by atoms with Gasteiger partial charge in [0.05, 0.1) is 29.8 Å². The molecule has 1 aliphatic carbocycles. The molecule has 0 aliphatic heterocycles. The second-order valence-corrected chi connectivity index (χ2v) is 8.98. The molecule has 1 aromatic carbocycles. The number of carboxylic acid groups (broad SMARTS) is 1. The molecule has 0 spiro atoms. The van der Waals surface area contributed by atoms with Crippen LogP contribution in [0.4, 0.5) is 5.69 Å². The van der Waals surface area contributed by atoms with Gasteiger partial charge in [0, 0.05) is 17.8 Å². The fraction of sp³-hybridized carbons (Fsp3) is 0.480. The maximum Gasteiger partial charge on any atom is 0.306 e. The molecule has 1 heterocycles. The van der Waals surface area contributed by atoms with Crippen LogP contribution in [0.15, 0.2) is 30.3 Å². The van der Waals surface area contributed by atoms with E-state index in [1.54, 1.807) is 25.3 Å². The van der Waals surface area contributed by atoms with E-state index >= 15 is 0 Å². The first-order valence-corrected chi connectivity index (χ1v) is 11.8. The van der Waals surface area contributed by atoms with Crippen LogP contribution in [0.1, 0.15) is 67.3 Å². The van der Waals surface area contributed by atoms with Crippen molar-refractivity contribution in [1.82, 2.24) is 10.3 Å². The number of aromatic nitrogens is 1. The SMILES string of the molecule is CCc1ccc(OC)c([C@H](C)Nc2ccc(C(=O)NC[C@H]3CC[C@H](C(=O)O)CC3)cc2Cl)n1. The topological polar surface area (TPSA) is 101 Å². The van der Waals surface area contributed by atoms with E-state index in [9.17, 15) is 9.59 Å². The summed E-state index contributed by atoms with van der Waals surface area (Å²) < 4.78 is 5.46. The number of hydrogen-bond acceptors (Lipinski definition) is 5. The predicted molar refractivity (Wildman–Crippen MR) is 129 cm³/mol. The zero-order valence-electron chi connectivity index (χ0n) is 19.4. The van der Waals surface area contributed by atoms with Crippen molar-refractivity contribution in [3.63, 3.8) is 0 Å². The lowest BCUT2D eigenvalue weighted by Crippen LogP contribution is -2.32. The van der Waals surface area contributed by atoms with Gasteiger partial charge in [0.1, 0.15) is 11.4 Å². The lowest BCUT2D eigenvalue weighted by atomic mass is 9.82. The van der Waals surface area contributed by atoms with Crippen LogP contribution in [0.2, 0.25) is 5.02 Å². The molecular weight excluding hydrogens is 442 g/mol. The molecular formula is C25H32ClN3O4. The number of nitrogens with zero attached hydrogens (tertiary/aromatic N) is 1. The number of rotatable bonds is 9. The van der Waals surface area contributed by atoms with E-state index in [0.29, 0.717) is 47.3 Å². The van der Waals surface area contributed by atoms with Gasteiger partial charge in [0.2, 0.25) is 0 Å². The Balaban J connectivity index is 1.59. The Morgan fingerprint density at radius 3 is 2.55 bits per heavy atom. The summed E-state index contributed by atoms with van der Waals surface area (Å²) in [5.41, 5.74) is 2.97. The smallest absolute Gasteiger partial charge is 0.306 e. The molecule has 0 bridgehead atoms. The van der Waals surface area contributed by atoms with Crippen LogP contribution >= 0.6 is 11.6 Å². The van der Waals surface area contributed by atoms with E-state index in [2.05, 4.69) is 22.5 Å². The van der Waals surface area contributed by atoms with Gasteiger partial charge in [0.15, 0.2) is 0 Å². The van der Waals surface area contributed by atoms with Gasteiger partial charge in [-0.1, -0.05) is 18.5 Å². The Hall–Kier alpha value is -2.80. The molecule has 1 aliphatic rings. The zero-order valence-corrected chi connectivity index (χ0v) is 20.1. The first-order chi connectivity index (χ1) is 15.8.